The molecule has 1 fully saturated rings. The molecule has 2 aromatic heterocycles. The molecule has 1 atom stereocenters. The number of carbonyl (C=O) groups excluding carboxylic acids is 1. The standard InChI is InChI=1S/C18H23N5O2/c1-2-23-15-6-10-25-12-13(15)17(21-23)16-5-3-4-9-22(16)18(24)14-11-19-7-8-20-14/h7-8,11,16H,2-6,9-10,12H2,1H3. The van der Waals surface area contributed by atoms with E-state index in [0.717, 1.165) is 51.1 Å². The zero-order chi connectivity index (χ0) is 17.2. The summed E-state index contributed by atoms with van der Waals surface area (Å²) in [4.78, 5) is 23.1. The highest BCUT2D eigenvalue weighted by Crippen LogP contribution is 2.35. The van der Waals surface area contributed by atoms with E-state index < -0.39 is 0 Å². The Bertz CT molecular complexity index is 758. The second-order valence-electron chi connectivity index (χ2n) is 6.53. The van der Waals surface area contributed by atoms with Crippen LogP contribution in [-0.4, -0.2) is 43.7 Å². The Morgan fingerprint density at radius 1 is 1.36 bits per heavy atom. The maximum atomic E-state index is 13.0. The number of hydrogen-bond acceptors (Lipinski definition) is 5. The summed E-state index contributed by atoms with van der Waals surface area (Å²) >= 11 is 0. The van der Waals surface area contributed by atoms with Gasteiger partial charge in [0.1, 0.15) is 5.69 Å². The second-order valence-corrected chi connectivity index (χ2v) is 6.53. The SMILES string of the molecule is CCn1nc(C2CCCCN2C(=O)c2cnccn2)c2c1CCOC2. The van der Waals surface area contributed by atoms with Crippen LogP contribution in [0.1, 0.15) is 59.7 Å². The van der Waals surface area contributed by atoms with Crippen molar-refractivity contribution in [3.05, 3.63) is 41.2 Å². The van der Waals surface area contributed by atoms with Gasteiger partial charge in [-0.15, -0.1) is 0 Å². The van der Waals surface area contributed by atoms with Gasteiger partial charge in [0.05, 0.1) is 31.1 Å². The zero-order valence-electron chi connectivity index (χ0n) is 14.5. The van der Waals surface area contributed by atoms with Crippen LogP contribution in [0, 0.1) is 0 Å². The van der Waals surface area contributed by atoms with E-state index in [-0.39, 0.29) is 11.9 Å². The summed E-state index contributed by atoms with van der Waals surface area (Å²) in [5.41, 5.74) is 3.85. The number of ether oxygens (including phenoxy) is 1. The molecule has 0 saturated carbocycles. The number of likely N-dealkylation sites (tertiary alicyclic amines) is 1. The van der Waals surface area contributed by atoms with Gasteiger partial charge in [0.25, 0.3) is 5.91 Å². The average molecular weight is 341 g/mol. The summed E-state index contributed by atoms with van der Waals surface area (Å²) < 4.78 is 7.76. The predicted molar refractivity (Wildman–Crippen MR) is 90.9 cm³/mol. The van der Waals surface area contributed by atoms with Crippen molar-refractivity contribution in [3.63, 3.8) is 0 Å². The van der Waals surface area contributed by atoms with Crippen molar-refractivity contribution in [1.82, 2.24) is 24.6 Å². The number of hydrogen-bond donors (Lipinski definition) is 0. The molecule has 25 heavy (non-hydrogen) atoms. The minimum Gasteiger partial charge on any atom is -0.376 e. The molecule has 4 rings (SSSR count). The Morgan fingerprint density at radius 2 is 2.28 bits per heavy atom. The third-order valence-electron chi connectivity index (χ3n) is 5.09. The average Bonchev–Trinajstić information content (AvgIpc) is 3.07. The molecule has 0 aliphatic carbocycles. The van der Waals surface area contributed by atoms with Crippen LogP contribution in [0.25, 0.3) is 0 Å². The minimum atomic E-state index is -0.0608. The normalized spacial score (nSPS) is 20.4. The Labute approximate surface area is 147 Å². The van der Waals surface area contributed by atoms with Crippen molar-refractivity contribution < 1.29 is 9.53 Å². The van der Waals surface area contributed by atoms with E-state index in [4.69, 9.17) is 9.84 Å². The van der Waals surface area contributed by atoms with Gasteiger partial charge < -0.3 is 9.64 Å². The van der Waals surface area contributed by atoms with Gasteiger partial charge >= 0.3 is 0 Å². The quantitative estimate of drug-likeness (QED) is 0.855. The molecular weight excluding hydrogens is 318 g/mol. The molecule has 2 aromatic rings. The Hall–Kier alpha value is -2.28. The van der Waals surface area contributed by atoms with Gasteiger partial charge in [0.15, 0.2) is 0 Å². The molecule has 0 spiro atoms. The van der Waals surface area contributed by atoms with Crippen LogP contribution in [0.2, 0.25) is 0 Å². The number of nitrogens with zero attached hydrogens (tertiary/aromatic N) is 5. The maximum Gasteiger partial charge on any atom is 0.274 e. The maximum absolute atomic E-state index is 13.0. The summed E-state index contributed by atoms with van der Waals surface area (Å²) in [7, 11) is 0. The zero-order valence-corrected chi connectivity index (χ0v) is 14.5. The molecule has 2 aliphatic heterocycles. The van der Waals surface area contributed by atoms with Gasteiger partial charge in [-0.25, -0.2) is 4.98 Å². The van der Waals surface area contributed by atoms with Crippen molar-refractivity contribution in [1.29, 1.82) is 0 Å². The van der Waals surface area contributed by atoms with Crippen molar-refractivity contribution in [2.75, 3.05) is 13.2 Å². The first-order chi connectivity index (χ1) is 12.3. The smallest absolute Gasteiger partial charge is 0.274 e. The van der Waals surface area contributed by atoms with Crippen LogP contribution >= 0.6 is 0 Å². The molecule has 1 saturated heterocycles. The lowest BCUT2D eigenvalue weighted by Crippen LogP contribution is -2.39. The predicted octanol–water partition coefficient (Wildman–Crippen LogP) is 2.13. The molecule has 1 amide bonds. The Morgan fingerprint density at radius 3 is 3.08 bits per heavy atom. The summed E-state index contributed by atoms with van der Waals surface area (Å²) in [6.07, 6.45) is 8.62. The third-order valence-corrected chi connectivity index (χ3v) is 5.09. The van der Waals surface area contributed by atoms with E-state index in [1.165, 1.54) is 17.5 Å². The number of amides is 1. The number of aryl methyl sites for hydroxylation is 1. The Balaban J connectivity index is 1.70. The van der Waals surface area contributed by atoms with Crippen LogP contribution in [-0.2, 0) is 24.3 Å². The van der Waals surface area contributed by atoms with E-state index in [0.29, 0.717) is 12.3 Å². The molecule has 4 heterocycles. The number of piperidine rings is 1. The van der Waals surface area contributed by atoms with Crippen LogP contribution in [0.4, 0.5) is 0 Å². The van der Waals surface area contributed by atoms with Crippen molar-refractivity contribution >= 4 is 5.91 Å². The monoisotopic (exact) mass is 341 g/mol. The number of aromatic nitrogens is 4. The molecule has 0 radical (unpaired) electrons. The van der Waals surface area contributed by atoms with E-state index in [2.05, 4.69) is 21.6 Å². The van der Waals surface area contributed by atoms with Gasteiger partial charge in [-0.1, -0.05) is 0 Å². The fourth-order valence-electron chi connectivity index (χ4n) is 3.88. The van der Waals surface area contributed by atoms with E-state index in [1.54, 1.807) is 12.4 Å². The number of rotatable bonds is 3. The number of fused-ring (bicyclic) bond motifs is 1. The van der Waals surface area contributed by atoms with Crippen molar-refractivity contribution in [2.45, 2.75) is 51.8 Å². The van der Waals surface area contributed by atoms with E-state index >= 15 is 0 Å². The molecule has 7 nitrogen and oxygen atoms in total. The molecule has 0 bridgehead atoms. The molecule has 132 valence electrons. The van der Waals surface area contributed by atoms with Crippen LogP contribution in [0.15, 0.2) is 18.6 Å². The highest BCUT2D eigenvalue weighted by molar-refractivity contribution is 5.92. The second kappa shape index (κ2) is 6.92. The first kappa shape index (κ1) is 16.2. The first-order valence-corrected chi connectivity index (χ1v) is 9.02. The van der Waals surface area contributed by atoms with Gasteiger partial charge in [-0.2, -0.15) is 5.10 Å². The lowest BCUT2D eigenvalue weighted by molar-refractivity contribution is 0.0589. The molecule has 0 aromatic carbocycles. The lowest BCUT2D eigenvalue weighted by Gasteiger charge is -2.35. The van der Waals surface area contributed by atoms with Crippen LogP contribution in [0.3, 0.4) is 0 Å². The van der Waals surface area contributed by atoms with Crippen LogP contribution in [0.5, 0.6) is 0 Å². The molecule has 7 heteroatoms. The molecule has 1 unspecified atom stereocenters. The van der Waals surface area contributed by atoms with Gasteiger partial charge in [-0.3, -0.25) is 14.5 Å². The molecule has 2 aliphatic rings. The fourth-order valence-corrected chi connectivity index (χ4v) is 3.88. The lowest BCUT2D eigenvalue weighted by atomic mass is 9.95. The van der Waals surface area contributed by atoms with Crippen molar-refractivity contribution in [2.24, 2.45) is 0 Å². The fraction of sp³-hybridized carbons (Fsp3) is 0.556. The first-order valence-electron chi connectivity index (χ1n) is 9.02. The molecule has 0 N–H and O–H groups in total. The summed E-state index contributed by atoms with van der Waals surface area (Å²) in [5, 5.41) is 4.87. The van der Waals surface area contributed by atoms with Gasteiger partial charge in [0.2, 0.25) is 0 Å². The molecular formula is C18H23N5O2. The largest absolute Gasteiger partial charge is 0.376 e. The topological polar surface area (TPSA) is 73.1 Å². The van der Waals surface area contributed by atoms with E-state index in [9.17, 15) is 4.79 Å². The summed E-state index contributed by atoms with van der Waals surface area (Å²) in [5.74, 6) is -0.0608. The minimum absolute atomic E-state index is 0.00786. The summed E-state index contributed by atoms with van der Waals surface area (Å²) in [6, 6.07) is -0.00786. The van der Waals surface area contributed by atoms with Crippen molar-refractivity contribution in [3.8, 4) is 0 Å². The van der Waals surface area contributed by atoms with Crippen LogP contribution < -0.4 is 0 Å². The Kier molecular flexibility index (Phi) is 4.48. The van der Waals surface area contributed by atoms with E-state index in [1.807, 2.05) is 4.90 Å². The highest BCUT2D eigenvalue weighted by atomic mass is 16.5. The third kappa shape index (κ3) is 2.93. The highest BCUT2D eigenvalue weighted by Gasteiger charge is 2.34. The number of carbonyl (C=O) groups is 1. The summed E-state index contributed by atoms with van der Waals surface area (Å²) in [6.45, 7) is 5.01. The van der Waals surface area contributed by atoms with Gasteiger partial charge in [0, 0.05) is 43.2 Å². The van der Waals surface area contributed by atoms with Gasteiger partial charge in [-0.05, 0) is 26.2 Å².